The van der Waals surface area contributed by atoms with Crippen LogP contribution >= 0.6 is 0 Å². The fourth-order valence-corrected chi connectivity index (χ4v) is 4.02. The van der Waals surface area contributed by atoms with Crippen molar-refractivity contribution in [3.05, 3.63) is 90.0 Å². The summed E-state index contributed by atoms with van der Waals surface area (Å²) in [5.74, 6) is 0.0437. The maximum Gasteiger partial charge on any atom is 0.206 e. The maximum absolute atomic E-state index is 12.7. The van der Waals surface area contributed by atoms with Gasteiger partial charge in [-0.15, -0.1) is 0 Å². The molecule has 0 spiro atoms. The number of hydrogen-bond acceptors (Lipinski definition) is 4. The molecule has 0 amide bonds. The lowest BCUT2D eigenvalue weighted by molar-refractivity contribution is 0.475. The molecule has 5 heteroatoms. The van der Waals surface area contributed by atoms with Crippen molar-refractivity contribution in [1.82, 2.24) is 5.32 Å². The van der Waals surface area contributed by atoms with E-state index in [0.717, 1.165) is 25.1 Å². The summed E-state index contributed by atoms with van der Waals surface area (Å²) in [6.07, 6.45) is 0.742. The molecule has 0 saturated carbocycles. The highest BCUT2D eigenvalue weighted by atomic mass is 32.2. The molecule has 4 nitrogen and oxygen atoms in total. The van der Waals surface area contributed by atoms with Crippen molar-refractivity contribution >= 4 is 9.84 Å². The van der Waals surface area contributed by atoms with Crippen molar-refractivity contribution in [2.45, 2.75) is 22.8 Å². The molecule has 0 radical (unpaired) electrons. The predicted octanol–water partition coefficient (Wildman–Crippen LogP) is 3.56. The SMILES string of the molecule is O=S(=O)(c1ccc(O)cc1)c1cccc(CCNCc2ccccc2)c1. The summed E-state index contributed by atoms with van der Waals surface area (Å²) in [5, 5.41) is 12.7. The summed E-state index contributed by atoms with van der Waals surface area (Å²) in [6, 6.07) is 22.7. The Kier molecular flexibility index (Phi) is 5.71. The molecular formula is C21H21NO3S. The smallest absolute Gasteiger partial charge is 0.206 e. The van der Waals surface area contributed by atoms with Gasteiger partial charge in [0.15, 0.2) is 0 Å². The molecule has 0 aromatic heterocycles. The zero-order chi connectivity index (χ0) is 18.4. The Labute approximate surface area is 154 Å². The lowest BCUT2D eigenvalue weighted by Gasteiger charge is -2.08. The number of rotatable bonds is 7. The molecule has 0 atom stereocenters. The van der Waals surface area contributed by atoms with Crippen molar-refractivity contribution in [2.75, 3.05) is 6.54 Å². The van der Waals surface area contributed by atoms with E-state index in [1.807, 2.05) is 24.3 Å². The van der Waals surface area contributed by atoms with E-state index in [2.05, 4.69) is 17.4 Å². The zero-order valence-corrected chi connectivity index (χ0v) is 15.1. The van der Waals surface area contributed by atoms with Crippen LogP contribution in [-0.2, 0) is 22.8 Å². The van der Waals surface area contributed by atoms with Gasteiger partial charge < -0.3 is 10.4 Å². The Morgan fingerprint density at radius 2 is 1.46 bits per heavy atom. The largest absolute Gasteiger partial charge is 0.508 e. The molecule has 3 aromatic rings. The summed E-state index contributed by atoms with van der Waals surface area (Å²) in [5.41, 5.74) is 2.18. The first-order chi connectivity index (χ1) is 12.6. The summed E-state index contributed by atoms with van der Waals surface area (Å²) in [7, 11) is -3.58. The van der Waals surface area contributed by atoms with Gasteiger partial charge in [0.2, 0.25) is 9.84 Å². The molecule has 0 aliphatic rings. The van der Waals surface area contributed by atoms with E-state index in [-0.39, 0.29) is 15.5 Å². The summed E-state index contributed by atoms with van der Waals surface area (Å²) in [6.45, 7) is 1.55. The van der Waals surface area contributed by atoms with Gasteiger partial charge in [-0.25, -0.2) is 8.42 Å². The van der Waals surface area contributed by atoms with Crippen LogP contribution in [0.5, 0.6) is 5.75 Å². The minimum Gasteiger partial charge on any atom is -0.508 e. The molecule has 0 unspecified atom stereocenters. The standard InChI is InChI=1S/C21H21NO3S/c23-19-9-11-20(12-10-19)26(24,25)21-8-4-7-17(15-21)13-14-22-16-18-5-2-1-3-6-18/h1-12,15,22-23H,13-14,16H2. The van der Waals surface area contributed by atoms with E-state index in [0.29, 0.717) is 0 Å². The molecule has 0 bridgehead atoms. The van der Waals surface area contributed by atoms with E-state index in [4.69, 9.17) is 0 Å². The number of benzene rings is 3. The molecule has 0 fully saturated rings. The van der Waals surface area contributed by atoms with Crippen molar-refractivity contribution in [3.63, 3.8) is 0 Å². The van der Waals surface area contributed by atoms with Crippen LogP contribution in [0.3, 0.4) is 0 Å². The first-order valence-corrected chi connectivity index (χ1v) is 9.92. The highest BCUT2D eigenvalue weighted by molar-refractivity contribution is 7.91. The van der Waals surface area contributed by atoms with E-state index in [1.54, 1.807) is 18.2 Å². The molecule has 26 heavy (non-hydrogen) atoms. The topological polar surface area (TPSA) is 66.4 Å². The van der Waals surface area contributed by atoms with Crippen LogP contribution in [-0.4, -0.2) is 20.1 Å². The number of hydrogen-bond donors (Lipinski definition) is 2. The quantitative estimate of drug-likeness (QED) is 0.627. The second-order valence-corrected chi connectivity index (χ2v) is 8.01. The second-order valence-electron chi connectivity index (χ2n) is 6.06. The first-order valence-electron chi connectivity index (χ1n) is 8.43. The summed E-state index contributed by atoms with van der Waals surface area (Å²) in [4.78, 5) is 0.443. The lowest BCUT2D eigenvalue weighted by Crippen LogP contribution is -2.16. The minimum absolute atomic E-state index is 0.0437. The Hall–Kier alpha value is -2.63. The summed E-state index contributed by atoms with van der Waals surface area (Å²) >= 11 is 0. The van der Waals surface area contributed by atoms with E-state index in [9.17, 15) is 13.5 Å². The van der Waals surface area contributed by atoms with Gasteiger partial charge in [0.1, 0.15) is 5.75 Å². The van der Waals surface area contributed by atoms with Crippen LogP contribution in [0.1, 0.15) is 11.1 Å². The number of nitrogens with one attached hydrogen (secondary N) is 1. The predicted molar refractivity (Wildman–Crippen MR) is 102 cm³/mol. The molecule has 0 aliphatic heterocycles. The summed E-state index contributed by atoms with van der Waals surface area (Å²) < 4.78 is 25.4. The molecule has 0 heterocycles. The van der Waals surface area contributed by atoms with Crippen LogP contribution in [0.2, 0.25) is 0 Å². The van der Waals surface area contributed by atoms with Crippen LogP contribution in [0.4, 0.5) is 0 Å². The third-order valence-electron chi connectivity index (χ3n) is 4.12. The Balaban J connectivity index is 1.65. The van der Waals surface area contributed by atoms with E-state index < -0.39 is 9.84 Å². The third-order valence-corrected chi connectivity index (χ3v) is 5.89. The first kappa shape index (κ1) is 18.2. The number of aromatic hydroxyl groups is 1. The van der Waals surface area contributed by atoms with E-state index in [1.165, 1.54) is 29.8 Å². The van der Waals surface area contributed by atoms with Gasteiger partial charge in [-0.1, -0.05) is 42.5 Å². The molecule has 0 saturated heterocycles. The molecule has 3 aromatic carbocycles. The average Bonchev–Trinajstić information content (AvgIpc) is 2.67. The molecule has 0 aliphatic carbocycles. The Morgan fingerprint density at radius 3 is 2.19 bits per heavy atom. The Morgan fingerprint density at radius 1 is 0.769 bits per heavy atom. The van der Waals surface area contributed by atoms with Gasteiger partial charge in [0.25, 0.3) is 0 Å². The molecular weight excluding hydrogens is 346 g/mol. The van der Waals surface area contributed by atoms with Crippen LogP contribution in [0, 0.1) is 0 Å². The van der Waals surface area contributed by atoms with Crippen molar-refractivity contribution in [2.24, 2.45) is 0 Å². The second kappa shape index (κ2) is 8.17. The minimum atomic E-state index is -3.58. The molecule has 2 N–H and O–H groups in total. The van der Waals surface area contributed by atoms with Crippen LogP contribution in [0.25, 0.3) is 0 Å². The van der Waals surface area contributed by atoms with Gasteiger partial charge in [-0.2, -0.15) is 0 Å². The molecule has 3 rings (SSSR count). The highest BCUT2D eigenvalue weighted by Crippen LogP contribution is 2.23. The number of phenolic OH excluding ortho intramolecular Hbond substituents is 1. The fraction of sp³-hybridized carbons (Fsp3) is 0.143. The van der Waals surface area contributed by atoms with Gasteiger partial charge in [0, 0.05) is 6.54 Å². The van der Waals surface area contributed by atoms with Gasteiger partial charge in [0.05, 0.1) is 9.79 Å². The maximum atomic E-state index is 12.7. The van der Waals surface area contributed by atoms with E-state index >= 15 is 0 Å². The lowest BCUT2D eigenvalue weighted by atomic mass is 10.1. The van der Waals surface area contributed by atoms with Crippen molar-refractivity contribution < 1.29 is 13.5 Å². The van der Waals surface area contributed by atoms with Gasteiger partial charge in [-0.3, -0.25) is 0 Å². The third kappa shape index (κ3) is 4.50. The van der Waals surface area contributed by atoms with Crippen LogP contribution < -0.4 is 5.32 Å². The van der Waals surface area contributed by atoms with Crippen molar-refractivity contribution in [3.8, 4) is 5.75 Å². The van der Waals surface area contributed by atoms with Crippen LogP contribution in [0.15, 0.2) is 88.7 Å². The monoisotopic (exact) mass is 367 g/mol. The average molecular weight is 367 g/mol. The normalized spacial score (nSPS) is 11.4. The highest BCUT2D eigenvalue weighted by Gasteiger charge is 2.17. The number of sulfone groups is 1. The van der Waals surface area contributed by atoms with Crippen molar-refractivity contribution in [1.29, 1.82) is 0 Å². The van der Waals surface area contributed by atoms with Gasteiger partial charge in [-0.05, 0) is 60.5 Å². The van der Waals surface area contributed by atoms with Gasteiger partial charge >= 0.3 is 0 Å². The Bertz CT molecular complexity index is 952. The molecule has 134 valence electrons. The fourth-order valence-electron chi connectivity index (χ4n) is 2.69. The number of phenols is 1. The zero-order valence-electron chi connectivity index (χ0n) is 14.3.